The standard InChI is InChI=1S/C11H12N2O3S/c1-6(10(14)15-2)17-11-13-8-4-3-7(12)5-9(8)16-11/h3-6H,12H2,1-2H3. The van der Waals surface area contributed by atoms with Gasteiger partial charge in [0.25, 0.3) is 5.22 Å². The molecule has 0 amide bonds. The van der Waals surface area contributed by atoms with Gasteiger partial charge in [0.2, 0.25) is 0 Å². The number of benzene rings is 1. The van der Waals surface area contributed by atoms with Crippen molar-refractivity contribution < 1.29 is 13.9 Å². The van der Waals surface area contributed by atoms with E-state index in [2.05, 4.69) is 9.72 Å². The summed E-state index contributed by atoms with van der Waals surface area (Å²) in [7, 11) is 1.35. The largest absolute Gasteiger partial charge is 0.468 e. The van der Waals surface area contributed by atoms with E-state index in [1.54, 1.807) is 25.1 Å². The summed E-state index contributed by atoms with van der Waals surface area (Å²) in [5.74, 6) is -0.309. The van der Waals surface area contributed by atoms with E-state index >= 15 is 0 Å². The Morgan fingerprint density at radius 1 is 1.59 bits per heavy atom. The molecule has 0 aliphatic carbocycles. The molecule has 5 nitrogen and oxygen atoms in total. The molecule has 0 aliphatic rings. The SMILES string of the molecule is COC(=O)C(C)Sc1nc2ccc(N)cc2o1. The molecule has 0 spiro atoms. The third-order valence-electron chi connectivity index (χ3n) is 2.20. The predicted octanol–water partition coefficient (Wildman–Crippen LogP) is 2.06. The van der Waals surface area contributed by atoms with Gasteiger partial charge in [-0.05, 0) is 19.1 Å². The number of rotatable bonds is 3. The van der Waals surface area contributed by atoms with Crippen LogP contribution < -0.4 is 5.73 Å². The highest BCUT2D eigenvalue weighted by molar-refractivity contribution is 8.00. The monoisotopic (exact) mass is 252 g/mol. The first-order valence-electron chi connectivity index (χ1n) is 5.00. The van der Waals surface area contributed by atoms with Crippen LogP contribution in [0.2, 0.25) is 0 Å². The van der Waals surface area contributed by atoms with Gasteiger partial charge in [0.15, 0.2) is 5.58 Å². The number of ether oxygens (including phenoxy) is 1. The van der Waals surface area contributed by atoms with E-state index in [1.165, 1.54) is 18.9 Å². The van der Waals surface area contributed by atoms with Gasteiger partial charge in [-0.1, -0.05) is 11.8 Å². The summed E-state index contributed by atoms with van der Waals surface area (Å²) in [4.78, 5) is 15.5. The van der Waals surface area contributed by atoms with Crippen LogP contribution in [0.25, 0.3) is 11.1 Å². The highest BCUT2D eigenvalue weighted by Crippen LogP contribution is 2.27. The molecule has 17 heavy (non-hydrogen) atoms. The number of nitrogens with zero attached hydrogens (tertiary/aromatic N) is 1. The summed E-state index contributed by atoms with van der Waals surface area (Å²) >= 11 is 1.21. The normalized spacial score (nSPS) is 12.6. The molecule has 6 heteroatoms. The molecule has 1 aromatic carbocycles. The van der Waals surface area contributed by atoms with Crippen molar-refractivity contribution in [1.82, 2.24) is 4.98 Å². The number of hydrogen-bond acceptors (Lipinski definition) is 6. The Bertz CT molecular complexity index is 553. The lowest BCUT2D eigenvalue weighted by Crippen LogP contribution is -2.14. The number of carbonyl (C=O) groups excluding carboxylic acids is 1. The van der Waals surface area contributed by atoms with Gasteiger partial charge in [-0.3, -0.25) is 4.79 Å². The van der Waals surface area contributed by atoms with E-state index in [0.717, 1.165) is 5.52 Å². The Labute approximate surface area is 102 Å². The Morgan fingerprint density at radius 3 is 3.06 bits per heavy atom. The van der Waals surface area contributed by atoms with E-state index in [0.29, 0.717) is 16.5 Å². The number of thioether (sulfide) groups is 1. The Balaban J connectivity index is 2.22. The fourth-order valence-electron chi connectivity index (χ4n) is 1.34. The van der Waals surface area contributed by atoms with Crippen LogP contribution in [0.5, 0.6) is 0 Å². The predicted molar refractivity (Wildman–Crippen MR) is 65.8 cm³/mol. The molecule has 1 aromatic heterocycles. The van der Waals surface area contributed by atoms with Crippen molar-refractivity contribution in [2.75, 3.05) is 12.8 Å². The molecular weight excluding hydrogens is 240 g/mol. The number of oxazole rings is 1. The maximum absolute atomic E-state index is 11.3. The lowest BCUT2D eigenvalue weighted by molar-refractivity contribution is -0.139. The van der Waals surface area contributed by atoms with Crippen molar-refractivity contribution in [2.45, 2.75) is 17.4 Å². The van der Waals surface area contributed by atoms with Gasteiger partial charge >= 0.3 is 5.97 Å². The topological polar surface area (TPSA) is 78.3 Å². The van der Waals surface area contributed by atoms with Crippen LogP contribution >= 0.6 is 11.8 Å². The third kappa shape index (κ3) is 2.52. The molecular formula is C11H12N2O3S. The minimum Gasteiger partial charge on any atom is -0.468 e. The van der Waals surface area contributed by atoms with Gasteiger partial charge in [0, 0.05) is 11.8 Å². The zero-order valence-electron chi connectivity index (χ0n) is 9.47. The first kappa shape index (κ1) is 11.8. The first-order chi connectivity index (χ1) is 8.10. The molecule has 2 N–H and O–H groups in total. The highest BCUT2D eigenvalue weighted by atomic mass is 32.2. The Hall–Kier alpha value is -1.69. The second kappa shape index (κ2) is 4.67. The fraction of sp³-hybridized carbons (Fsp3) is 0.273. The third-order valence-corrected chi connectivity index (χ3v) is 3.13. The van der Waals surface area contributed by atoms with Crippen LogP contribution in [-0.2, 0) is 9.53 Å². The maximum atomic E-state index is 11.3. The van der Waals surface area contributed by atoms with Gasteiger partial charge < -0.3 is 14.9 Å². The van der Waals surface area contributed by atoms with Gasteiger partial charge in [-0.25, -0.2) is 4.98 Å². The molecule has 0 fully saturated rings. The summed E-state index contributed by atoms with van der Waals surface area (Å²) < 4.78 is 10.1. The number of carbonyl (C=O) groups is 1. The van der Waals surface area contributed by atoms with Crippen molar-refractivity contribution in [3.8, 4) is 0 Å². The van der Waals surface area contributed by atoms with E-state index in [4.69, 9.17) is 10.2 Å². The van der Waals surface area contributed by atoms with Crippen LogP contribution in [-0.4, -0.2) is 23.3 Å². The van der Waals surface area contributed by atoms with Crippen molar-refractivity contribution in [1.29, 1.82) is 0 Å². The summed E-state index contributed by atoms with van der Waals surface area (Å²) in [5.41, 5.74) is 7.59. The quantitative estimate of drug-likeness (QED) is 0.512. The maximum Gasteiger partial charge on any atom is 0.319 e. The van der Waals surface area contributed by atoms with Crippen molar-refractivity contribution in [3.05, 3.63) is 18.2 Å². The van der Waals surface area contributed by atoms with Crippen molar-refractivity contribution >= 4 is 34.5 Å². The number of aromatic nitrogens is 1. The van der Waals surface area contributed by atoms with Gasteiger partial charge in [0.05, 0.1) is 7.11 Å². The molecule has 1 unspecified atom stereocenters. The number of hydrogen-bond donors (Lipinski definition) is 1. The lowest BCUT2D eigenvalue weighted by Gasteiger charge is -2.04. The summed E-state index contributed by atoms with van der Waals surface area (Å²) in [5, 5.41) is 0.0777. The average Bonchev–Trinajstić information content (AvgIpc) is 2.69. The van der Waals surface area contributed by atoms with Gasteiger partial charge in [-0.2, -0.15) is 0 Å². The summed E-state index contributed by atoms with van der Waals surface area (Å²) in [6.07, 6.45) is 0. The van der Waals surface area contributed by atoms with Crippen LogP contribution in [0, 0.1) is 0 Å². The Morgan fingerprint density at radius 2 is 2.35 bits per heavy atom. The lowest BCUT2D eigenvalue weighted by atomic mass is 10.3. The number of nitrogens with two attached hydrogens (primary N) is 1. The number of nitrogen functional groups attached to an aromatic ring is 1. The molecule has 1 atom stereocenters. The number of esters is 1. The molecule has 0 saturated heterocycles. The van der Waals surface area contributed by atoms with E-state index in [9.17, 15) is 4.79 Å². The number of methoxy groups -OCH3 is 1. The van der Waals surface area contributed by atoms with E-state index in [1.807, 2.05) is 0 Å². The summed E-state index contributed by atoms with van der Waals surface area (Å²) in [6, 6.07) is 5.24. The smallest absolute Gasteiger partial charge is 0.319 e. The van der Waals surface area contributed by atoms with Crippen molar-refractivity contribution in [3.63, 3.8) is 0 Å². The van der Waals surface area contributed by atoms with E-state index < -0.39 is 0 Å². The average molecular weight is 252 g/mol. The van der Waals surface area contributed by atoms with Crippen LogP contribution in [0.1, 0.15) is 6.92 Å². The number of anilines is 1. The molecule has 2 rings (SSSR count). The zero-order chi connectivity index (χ0) is 12.4. The molecule has 0 radical (unpaired) electrons. The second-order valence-corrected chi connectivity index (χ2v) is 4.78. The summed E-state index contributed by atoms with van der Waals surface area (Å²) in [6.45, 7) is 1.74. The Kier molecular flexibility index (Phi) is 3.23. The highest BCUT2D eigenvalue weighted by Gasteiger charge is 2.18. The molecule has 90 valence electrons. The molecule has 0 aliphatic heterocycles. The molecule has 0 saturated carbocycles. The zero-order valence-corrected chi connectivity index (χ0v) is 10.3. The van der Waals surface area contributed by atoms with E-state index in [-0.39, 0.29) is 11.2 Å². The second-order valence-electron chi connectivity index (χ2n) is 3.49. The molecule has 1 heterocycles. The van der Waals surface area contributed by atoms with Crippen LogP contribution in [0.4, 0.5) is 5.69 Å². The van der Waals surface area contributed by atoms with Gasteiger partial charge in [-0.15, -0.1) is 0 Å². The fourth-order valence-corrected chi connectivity index (χ4v) is 2.12. The first-order valence-corrected chi connectivity index (χ1v) is 5.88. The van der Waals surface area contributed by atoms with Crippen LogP contribution in [0.3, 0.4) is 0 Å². The number of fused-ring (bicyclic) bond motifs is 1. The molecule has 0 bridgehead atoms. The minimum absolute atomic E-state index is 0.309. The molecule has 2 aromatic rings. The van der Waals surface area contributed by atoms with Crippen molar-refractivity contribution in [2.24, 2.45) is 0 Å². The minimum atomic E-state index is -0.356. The van der Waals surface area contributed by atoms with Gasteiger partial charge in [0.1, 0.15) is 10.8 Å². The van der Waals surface area contributed by atoms with Crippen LogP contribution in [0.15, 0.2) is 27.8 Å².